The highest BCUT2D eigenvalue weighted by Crippen LogP contribution is 2.36. The van der Waals surface area contributed by atoms with Crippen LogP contribution in [0.2, 0.25) is 5.02 Å². The summed E-state index contributed by atoms with van der Waals surface area (Å²) in [6.45, 7) is 6.58. The zero-order chi connectivity index (χ0) is 32.4. The van der Waals surface area contributed by atoms with E-state index < -0.39 is 0 Å². The number of anilines is 1. The number of carbonyl (C=O) groups excluding carboxylic acids is 1. The zero-order valence-electron chi connectivity index (χ0n) is 25.7. The Kier molecular flexibility index (Phi) is 8.99. The molecule has 2 amide bonds. The summed E-state index contributed by atoms with van der Waals surface area (Å²) < 4.78 is 3.42. The second-order valence-electron chi connectivity index (χ2n) is 11.2. The molecule has 0 radical (unpaired) electrons. The van der Waals surface area contributed by atoms with E-state index >= 15 is 0 Å². The summed E-state index contributed by atoms with van der Waals surface area (Å²) in [4.78, 5) is 15.2. The Balaban J connectivity index is 1.20. The van der Waals surface area contributed by atoms with Crippen LogP contribution >= 0.6 is 35.1 Å². The third-order valence-corrected chi connectivity index (χ3v) is 10.2. The van der Waals surface area contributed by atoms with Crippen LogP contribution in [0, 0.1) is 6.92 Å². The van der Waals surface area contributed by atoms with Crippen molar-refractivity contribution >= 4 is 52.6 Å². The van der Waals surface area contributed by atoms with Crippen molar-refractivity contribution in [3.8, 4) is 22.8 Å². The quantitative estimate of drug-likeness (QED) is 0.142. The normalized spacial score (nSPS) is 11.6. The predicted octanol–water partition coefficient (Wildman–Crippen LogP) is 8.32. The monoisotopic (exact) mass is 669 g/mol. The number of nitrogens with zero attached hydrogens (tertiary/aromatic N) is 5. The van der Waals surface area contributed by atoms with Crippen LogP contribution in [0.15, 0.2) is 101 Å². The minimum absolute atomic E-state index is 0.0823. The summed E-state index contributed by atoms with van der Waals surface area (Å²) in [5.74, 6) is 1.25. The molecule has 0 fully saturated rings. The van der Waals surface area contributed by atoms with Gasteiger partial charge in [-0.2, -0.15) is 16.9 Å². The van der Waals surface area contributed by atoms with E-state index in [9.17, 15) is 9.90 Å². The predicted molar refractivity (Wildman–Crippen MR) is 186 cm³/mol. The number of thioether (sulfide) groups is 1. The molecular weight excluding hydrogens is 638 g/mol. The average Bonchev–Trinajstić information content (AvgIpc) is 3.65. The molecule has 3 N–H and O–H groups in total. The number of aryl methyl sites for hydroxylation is 1. The molecule has 0 atom stereocenters. The first kappa shape index (κ1) is 31.5. The summed E-state index contributed by atoms with van der Waals surface area (Å²) in [5, 5.41) is 29.7. The van der Waals surface area contributed by atoms with E-state index in [4.69, 9.17) is 16.7 Å². The molecule has 6 rings (SSSR count). The lowest BCUT2D eigenvalue weighted by atomic mass is 10.1. The van der Waals surface area contributed by atoms with E-state index in [1.165, 1.54) is 6.07 Å². The molecule has 0 aliphatic carbocycles. The Morgan fingerprint density at radius 1 is 1.00 bits per heavy atom. The number of rotatable bonds is 9. The van der Waals surface area contributed by atoms with Crippen molar-refractivity contribution in [2.24, 2.45) is 0 Å². The maximum absolute atomic E-state index is 13.3. The van der Waals surface area contributed by atoms with Crippen LogP contribution in [0.3, 0.4) is 0 Å². The van der Waals surface area contributed by atoms with Gasteiger partial charge in [-0.15, -0.1) is 10.2 Å². The van der Waals surface area contributed by atoms with Crippen molar-refractivity contribution < 1.29 is 9.90 Å². The highest BCUT2D eigenvalue weighted by atomic mass is 35.5. The van der Waals surface area contributed by atoms with Crippen molar-refractivity contribution in [2.45, 2.75) is 41.9 Å². The first-order chi connectivity index (χ1) is 22.1. The number of pyridine rings is 1. The molecule has 0 unspecified atom stereocenters. The molecule has 12 heteroatoms. The molecule has 3 heterocycles. The highest BCUT2D eigenvalue weighted by Gasteiger charge is 2.25. The van der Waals surface area contributed by atoms with Crippen LogP contribution in [0.5, 0.6) is 5.75 Å². The number of urea groups is 1. The number of benzene rings is 3. The van der Waals surface area contributed by atoms with Crippen molar-refractivity contribution in [1.82, 2.24) is 29.7 Å². The summed E-state index contributed by atoms with van der Waals surface area (Å²) in [5.41, 5.74) is 5.15. The van der Waals surface area contributed by atoms with E-state index in [0.717, 1.165) is 32.3 Å². The van der Waals surface area contributed by atoms with E-state index in [0.29, 0.717) is 34.4 Å². The number of phenolic OH excluding ortho intramolecular Hbond substituents is 1. The Bertz CT molecular complexity index is 2060. The average molecular weight is 670 g/mol. The first-order valence-corrected chi connectivity index (χ1v) is 16.9. The fourth-order valence-corrected chi connectivity index (χ4v) is 6.37. The molecule has 0 bridgehead atoms. The molecule has 0 aliphatic heterocycles. The largest absolute Gasteiger partial charge is 0.508 e. The molecule has 0 saturated carbocycles. The zero-order valence-corrected chi connectivity index (χ0v) is 28.0. The third-order valence-electron chi connectivity index (χ3n) is 7.53. The SMILES string of the molecule is CSC(C)(C)c1cc(NC(=O)NCc2ccccc2Sc2ccc3nnc(-c4ccc(O)cc4Cl)n3c2)n(-c2cccc(C)c2)n1. The molecule has 0 spiro atoms. The first-order valence-electron chi connectivity index (χ1n) is 14.5. The van der Waals surface area contributed by atoms with Gasteiger partial charge in [-0.1, -0.05) is 53.7 Å². The number of aromatic nitrogens is 5. The second-order valence-corrected chi connectivity index (χ2v) is 14.1. The van der Waals surface area contributed by atoms with Crippen LogP contribution in [-0.2, 0) is 11.3 Å². The number of hydrogen-bond acceptors (Lipinski definition) is 7. The number of nitrogens with one attached hydrogen (secondary N) is 2. The molecular formula is C34H32ClN7O2S2. The maximum Gasteiger partial charge on any atom is 0.320 e. The van der Waals surface area contributed by atoms with Crippen molar-refractivity contribution in [3.05, 3.63) is 113 Å². The molecule has 6 aromatic rings. The topological polar surface area (TPSA) is 109 Å². The van der Waals surface area contributed by atoms with Gasteiger partial charge in [0.2, 0.25) is 0 Å². The van der Waals surface area contributed by atoms with Gasteiger partial charge < -0.3 is 10.4 Å². The van der Waals surface area contributed by atoms with Crippen molar-refractivity contribution in [2.75, 3.05) is 11.6 Å². The number of aromatic hydroxyl groups is 1. The molecule has 9 nitrogen and oxygen atoms in total. The lowest BCUT2D eigenvalue weighted by molar-refractivity contribution is 0.251. The van der Waals surface area contributed by atoms with Crippen LogP contribution in [0.4, 0.5) is 10.6 Å². The number of halogens is 1. The fraction of sp³-hybridized carbons (Fsp3) is 0.176. The van der Waals surface area contributed by atoms with Crippen LogP contribution in [0.25, 0.3) is 22.7 Å². The van der Waals surface area contributed by atoms with E-state index in [-0.39, 0.29) is 16.5 Å². The Morgan fingerprint density at radius 3 is 2.61 bits per heavy atom. The van der Waals surface area contributed by atoms with Gasteiger partial charge in [0.25, 0.3) is 0 Å². The molecule has 234 valence electrons. The third kappa shape index (κ3) is 6.72. The van der Waals surface area contributed by atoms with Gasteiger partial charge in [-0.05, 0) is 86.7 Å². The maximum atomic E-state index is 13.3. The summed E-state index contributed by atoms with van der Waals surface area (Å²) >= 11 is 9.68. The van der Waals surface area contributed by atoms with Crippen LogP contribution < -0.4 is 10.6 Å². The minimum Gasteiger partial charge on any atom is -0.508 e. The number of carbonyl (C=O) groups is 1. The van der Waals surface area contributed by atoms with Crippen molar-refractivity contribution in [1.29, 1.82) is 0 Å². The van der Waals surface area contributed by atoms with Gasteiger partial charge >= 0.3 is 6.03 Å². The van der Waals surface area contributed by atoms with E-state index in [1.807, 2.05) is 84.3 Å². The number of fused-ring (bicyclic) bond motifs is 1. The lowest BCUT2D eigenvalue weighted by Gasteiger charge is -2.18. The van der Waals surface area contributed by atoms with Gasteiger partial charge in [0.1, 0.15) is 11.6 Å². The number of amides is 2. The van der Waals surface area contributed by atoms with Gasteiger partial charge in [0.15, 0.2) is 11.5 Å². The van der Waals surface area contributed by atoms with E-state index in [2.05, 4.69) is 40.9 Å². The summed E-state index contributed by atoms with van der Waals surface area (Å²) in [6.07, 6.45) is 4.01. The molecule has 0 saturated heterocycles. The van der Waals surface area contributed by atoms with Crippen LogP contribution in [-0.4, -0.2) is 41.8 Å². The summed E-state index contributed by atoms with van der Waals surface area (Å²) in [7, 11) is 0. The highest BCUT2D eigenvalue weighted by molar-refractivity contribution is 7.99. The number of phenols is 1. The molecule has 3 aromatic heterocycles. The van der Waals surface area contributed by atoms with Crippen LogP contribution in [0.1, 0.15) is 30.7 Å². The van der Waals surface area contributed by atoms with E-state index in [1.54, 1.807) is 40.3 Å². The molecule has 46 heavy (non-hydrogen) atoms. The molecule has 3 aromatic carbocycles. The van der Waals surface area contributed by atoms with Crippen molar-refractivity contribution in [3.63, 3.8) is 0 Å². The Morgan fingerprint density at radius 2 is 1.83 bits per heavy atom. The van der Waals surface area contributed by atoms with Gasteiger partial charge in [0, 0.05) is 34.2 Å². The smallest absolute Gasteiger partial charge is 0.320 e. The van der Waals surface area contributed by atoms with Gasteiger partial charge in [-0.3, -0.25) is 9.72 Å². The Hall–Kier alpha value is -4.45. The minimum atomic E-state index is -0.330. The Labute approximate surface area is 280 Å². The van der Waals surface area contributed by atoms with Gasteiger partial charge in [0.05, 0.1) is 21.2 Å². The fourth-order valence-electron chi connectivity index (χ4n) is 4.84. The second kappa shape index (κ2) is 13.1. The summed E-state index contributed by atoms with van der Waals surface area (Å²) in [6, 6.07) is 26.2. The number of hydrogen-bond donors (Lipinski definition) is 3. The molecule has 0 aliphatic rings. The van der Waals surface area contributed by atoms with Gasteiger partial charge in [-0.25, -0.2) is 9.48 Å². The standard InChI is InChI=1S/C34H32ClN7O2S2/c1-21-8-7-10-23(16-21)42-31(18-29(40-42)34(2,3)45-4)37-33(44)36-19-22-9-5-6-11-28(22)46-25-13-15-30-38-39-32(41(30)20-25)26-14-12-24(43)17-27(26)35/h5-18,20,43H,19H2,1-4H3,(H2,36,37,44). The lowest BCUT2D eigenvalue weighted by Crippen LogP contribution is -2.29.